The van der Waals surface area contributed by atoms with Crippen LogP contribution in [0.2, 0.25) is 0 Å². The molecule has 1 amide bonds. The summed E-state index contributed by atoms with van der Waals surface area (Å²) < 4.78 is 7.58. The zero-order valence-corrected chi connectivity index (χ0v) is 17.8. The van der Waals surface area contributed by atoms with Gasteiger partial charge in [0, 0.05) is 19.1 Å². The van der Waals surface area contributed by atoms with Crippen molar-refractivity contribution in [2.45, 2.75) is 64.0 Å². The first-order valence-electron chi connectivity index (χ1n) is 11.2. The highest BCUT2D eigenvalue weighted by atomic mass is 16.5. The van der Waals surface area contributed by atoms with Crippen molar-refractivity contribution in [1.82, 2.24) is 30.0 Å². The lowest BCUT2D eigenvalue weighted by molar-refractivity contribution is -0.142. The van der Waals surface area contributed by atoms with Crippen LogP contribution in [-0.2, 0) is 4.79 Å². The number of carbonyl (C=O) groups excluding carboxylic acids is 1. The number of benzene rings is 1. The lowest BCUT2D eigenvalue weighted by Gasteiger charge is -2.39. The Morgan fingerprint density at radius 2 is 1.80 bits per heavy atom. The normalized spacial score (nSPS) is 21.8. The molecule has 0 radical (unpaired) electrons. The summed E-state index contributed by atoms with van der Waals surface area (Å²) in [6.07, 6.45) is 9.64. The van der Waals surface area contributed by atoms with Crippen LogP contribution in [0.15, 0.2) is 30.6 Å². The average Bonchev–Trinajstić information content (AvgIpc) is 3.19. The maximum atomic E-state index is 13.2. The van der Waals surface area contributed by atoms with E-state index in [2.05, 4.69) is 25.3 Å². The van der Waals surface area contributed by atoms with E-state index in [1.807, 2.05) is 31.2 Å². The lowest BCUT2D eigenvalue weighted by atomic mass is 10.0. The number of aromatic nitrogens is 4. The van der Waals surface area contributed by atoms with E-state index >= 15 is 0 Å². The van der Waals surface area contributed by atoms with Crippen LogP contribution in [0.4, 0.5) is 0 Å². The number of hydrogen-bond donors (Lipinski definition) is 0. The first-order chi connectivity index (χ1) is 14.7. The molecule has 0 bridgehead atoms. The molecule has 0 saturated carbocycles. The molecular formula is C22H32N6O2. The molecule has 2 aliphatic rings. The topological polar surface area (TPSA) is 76.4 Å². The Hall–Kier alpha value is -2.48. The number of amides is 1. The molecule has 2 fully saturated rings. The van der Waals surface area contributed by atoms with Crippen LogP contribution in [0.1, 0.15) is 51.9 Å². The third-order valence-corrected chi connectivity index (χ3v) is 6.19. The van der Waals surface area contributed by atoms with Gasteiger partial charge in [-0.25, -0.2) is 4.68 Å². The van der Waals surface area contributed by atoms with Gasteiger partial charge in [0.25, 0.3) is 5.91 Å². The SMILES string of the molecule is C[C@@H](Oc1ccc(-n2cnnn2)cc1)C(=O)N1CCCC[C@@H]1CN1CCCCCC1. The monoisotopic (exact) mass is 412 g/mol. The molecule has 1 aromatic heterocycles. The molecule has 2 saturated heterocycles. The molecule has 0 aliphatic carbocycles. The fourth-order valence-corrected chi connectivity index (χ4v) is 4.54. The van der Waals surface area contributed by atoms with Gasteiger partial charge in [-0.05, 0) is 86.8 Å². The quantitative estimate of drug-likeness (QED) is 0.726. The molecule has 0 spiro atoms. The highest BCUT2D eigenvalue weighted by molar-refractivity contribution is 5.81. The molecule has 1 aromatic carbocycles. The zero-order chi connectivity index (χ0) is 20.8. The molecule has 2 aromatic rings. The van der Waals surface area contributed by atoms with Crippen molar-refractivity contribution in [2.75, 3.05) is 26.2 Å². The van der Waals surface area contributed by atoms with E-state index in [0.717, 1.165) is 44.7 Å². The van der Waals surface area contributed by atoms with Gasteiger partial charge in [-0.15, -0.1) is 5.10 Å². The molecule has 8 nitrogen and oxygen atoms in total. The molecule has 30 heavy (non-hydrogen) atoms. The molecule has 162 valence electrons. The summed E-state index contributed by atoms with van der Waals surface area (Å²) in [5.41, 5.74) is 0.847. The van der Waals surface area contributed by atoms with Crippen molar-refractivity contribution in [3.05, 3.63) is 30.6 Å². The van der Waals surface area contributed by atoms with Crippen LogP contribution in [0.5, 0.6) is 5.75 Å². The molecule has 3 heterocycles. The van der Waals surface area contributed by atoms with Crippen LogP contribution < -0.4 is 4.74 Å². The van der Waals surface area contributed by atoms with Gasteiger partial charge in [-0.1, -0.05) is 12.8 Å². The maximum Gasteiger partial charge on any atom is 0.263 e. The molecular weight excluding hydrogens is 380 g/mol. The lowest BCUT2D eigenvalue weighted by Crippen LogP contribution is -2.53. The second kappa shape index (κ2) is 10.0. The van der Waals surface area contributed by atoms with E-state index in [4.69, 9.17) is 4.74 Å². The second-order valence-corrected chi connectivity index (χ2v) is 8.40. The third-order valence-electron chi connectivity index (χ3n) is 6.19. The summed E-state index contributed by atoms with van der Waals surface area (Å²) in [6, 6.07) is 7.77. The highest BCUT2D eigenvalue weighted by Crippen LogP contribution is 2.22. The number of rotatable bonds is 6. The van der Waals surface area contributed by atoms with E-state index in [1.165, 1.54) is 32.1 Å². The fourth-order valence-electron chi connectivity index (χ4n) is 4.54. The van der Waals surface area contributed by atoms with Gasteiger partial charge in [0.15, 0.2) is 6.10 Å². The Kier molecular flexibility index (Phi) is 6.94. The van der Waals surface area contributed by atoms with Gasteiger partial charge in [0.1, 0.15) is 12.1 Å². The number of likely N-dealkylation sites (tertiary alicyclic amines) is 2. The first kappa shape index (κ1) is 20.8. The third kappa shape index (κ3) is 5.16. The Balaban J connectivity index is 1.36. The number of carbonyl (C=O) groups is 1. The Morgan fingerprint density at radius 3 is 2.50 bits per heavy atom. The summed E-state index contributed by atoms with van der Waals surface area (Å²) in [6.45, 7) is 6.02. The van der Waals surface area contributed by atoms with Crippen LogP contribution in [-0.4, -0.2) is 74.2 Å². The van der Waals surface area contributed by atoms with E-state index in [0.29, 0.717) is 11.8 Å². The number of tetrazole rings is 1. The number of hydrogen-bond acceptors (Lipinski definition) is 6. The van der Waals surface area contributed by atoms with Crippen molar-refractivity contribution in [1.29, 1.82) is 0 Å². The van der Waals surface area contributed by atoms with Gasteiger partial charge in [-0.2, -0.15) is 0 Å². The minimum Gasteiger partial charge on any atom is -0.481 e. The van der Waals surface area contributed by atoms with Crippen molar-refractivity contribution < 1.29 is 9.53 Å². The molecule has 8 heteroatoms. The predicted molar refractivity (Wildman–Crippen MR) is 114 cm³/mol. The maximum absolute atomic E-state index is 13.2. The van der Waals surface area contributed by atoms with Crippen LogP contribution in [0.25, 0.3) is 5.69 Å². The van der Waals surface area contributed by atoms with Gasteiger partial charge >= 0.3 is 0 Å². The van der Waals surface area contributed by atoms with Gasteiger partial charge in [-0.3, -0.25) is 4.79 Å². The predicted octanol–water partition coefficient (Wildman–Crippen LogP) is 2.69. The first-order valence-corrected chi connectivity index (χ1v) is 11.2. The molecule has 4 rings (SSSR count). The van der Waals surface area contributed by atoms with Crippen molar-refractivity contribution >= 4 is 5.91 Å². The summed E-state index contributed by atoms with van der Waals surface area (Å²) in [4.78, 5) is 17.9. The number of ether oxygens (including phenoxy) is 1. The Labute approximate surface area is 178 Å². The Morgan fingerprint density at radius 1 is 1.07 bits per heavy atom. The smallest absolute Gasteiger partial charge is 0.263 e. The van der Waals surface area contributed by atoms with Gasteiger partial charge < -0.3 is 14.5 Å². The highest BCUT2D eigenvalue weighted by Gasteiger charge is 2.31. The van der Waals surface area contributed by atoms with E-state index < -0.39 is 6.10 Å². The second-order valence-electron chi connectivity index (χ2n) is 8.40. The van der Waals surface area contributed by atoms with E-state index in [9.17, 15) is 4.79 Å². The van der Waals surface area contributed by atoms with Crippen molar-refractivity contribution in [3.8, 4) is 11.4 Å². The summed E-state index contributed by atoms with van der Waals surface area (Å²) in [7, 11) is 0. The van der Waals surface area contributed by atoms with E-state index in [1.54, 1.807) is 11.0 Å². The minimum absolute atomic E-state index is 0.0964. The van der Waals surface area contributed by atoms with Crippen LogP contribution in [0, 0.1) is 0 Å². The number of piperidine rings is 1. The standard InChI is InChI=1S/C22H32N6O2/c1-18(30-21-11-9-19(10-12-21)28-17-23-24-25-28)22(29)27-15-7-4-8-20(27)16-26-13-5-2-3-6-14-26/h9-12,17-18,20H,2-8,13-16H2,1H3/t18-,20-/m1/s1. The number of nitrogens with zero attached hydrogens (tertiary/aromatic N) is 6. The van der Waals surface area contributed by atoms with E-state index in [-0.39, 0.29) is 5.91 Å². The Bertz CT molecular complexity index is 786. The summed E-state index contributed by atoms with van der Waals surface area (Å²) in [5.74, 6) is 0.771. The van der Waals surface area contributed by atoms with Crippen molar-refractivity contribution in [2.24, 2.45) is 0 Å². The molecule has 0 unspecified atom stereocenters. The van der Waals surface area contributed by atoms with Crippen molar-refractivity contribution in [3.63, 3.8) is 0 Å². The molecule has 2 aliphatic heterocycles. The molecule has 0 N–H and O–H groups in total. The largest absolute Gasteiger partial charge is 0.481 e. The van der Waals surface area contributed by atoms with Crippen LogP contribution in [0.3, 0.4) is 0 Å². The molecule has 2 atom stereocenters. The van der Waals surface area contributed by atoms with Gasteiger partial charge in [0.2, 0.25) is 0 Å². The average molecular weight is 413 g/mol. The fraction of sp³-hybridized carbons (Fsp3) is 0.636. The summed E-state index contributed by atoms with van der Waals surface area (Å²) >= 11 is 0. The van der Waals surface area contributed by atoms with Gasteiger partial charge in [0.05, 0.1) is 5.69 Å². The van der Waals surface area contributed by atoms with Crippen LogP contribution >= 0.6 is 0 Å². The summed E-state index contributed by atoms with van der Waals surface area (Å²) in [5, 5.41) is 11.2. The minimum atomic E-state index is -0.506. The zero-order valence-electron chi connectivity index (χ0n) is 17.8.